The summed E-state index contributed by atoms with van der Waals surface area (Å²) in [5.41, 5.74) is 4.04. The van der Waals surface area contributed by atoms with Crippen LogP contribution in [0.2, 0.25) is 0 Å². The molecule has 1 fully saturated rings. The fourth-order valence-corrected chi connectivity index (χ4v) is 4.42. The molecule has 0 bridgehead atoms. The number of amides is 2. The molecule has 31 heavy (non-hydrogen) atoms. The zero-order valence-electron chi connectivity index (χ0n) is 17.8. The lowest BCUT2D eigenvalue weighted by Crippen LogP contribution is -2.33. The van der Waals surface area contributed by atoms with Gasteiger partial charge in [-0.3, -0.25) is 19.3 Å². The number of ketones is 1. The van der Waals surface area contributed by atoms with Crippen molar-refractivity contribution < 1.29 is 14.4 Å². The third-order valence-electron chi connectivity index (χ3n) is 4.92. The molecule has 0 spiro atoms. The topological polar surface area (TPSA) is 78.8 Å². The number of thioether (sulfide) groups is 1. The van der Waals surface area contributed by atoms with E-state index in [0.717, 1.165) is 16.8 Å². The van der Waals surface area contributed by atoms with Crippen molar-refractivity contribution in [3.8, 4) is 0 Å². The Morgan fingerprint density at radius 3 is 2.39 bits per heavy atom. The molecule has 160 valence electrons. The summed E-state index contributed by atoms with van der Waals surface area (Å²) in [6.07, 6.45) is 1.68. The Morgan fingerprint density at radius 1 is 1.16 bits per heavy atom. The molecule has 2 aromatic carbocycles. The molecule has 2 aromatic rings. The molecule has 3 rings (SSSR count). The number of amidine groups is 1. The SMILES string of the molecule is C=CCN1C(=O)C(CC(=O)Nc2ccc(C(C)=O)cc2)SC1=Nc1c(C)cccc1C. The van der Waals surface area contributed by atoms with Crippen molar-refractivity contribution in [2.45, 2.75) is 32.4 Å². The third kappa shape index (κ3) is 5.30. The lowest BCUT2D eigenvalue weighted by atomic mass is 10.1. The van der Waals surface area contributed by atoms with Crippen LogP contribution in [0.3, 0.4) is 0 Å². The first-order valence-corrected chi connectivity index (χ1v) is 10.8. The van der Waals surface area contributed by atoms with E-state index >= 15 is 0 Å². The summed E-state index contributed by atoms with van der Waals surface area (Å²) >= 11 is 1.30. The highest BCUT2D eigenvalue weighted by Gasteiger charge is 2.38. The van der Waals surface area contributed by atoms with Crippen LogP contribution in [0.5, 0.6) is 0 Å². The molecule has 1 aliphatic rings. The summed E-state index contributed by atoms with van der Waals surface area (Å²) in [7, 11) is 0. The number of carbonyl (C=O) groups is 3. The second-order valence-corrected chi connectivity index (χ2v) is 8.53. The van der Waals surface area contributed by atoms with Gasteiger partial charge in [0.1, 0.15) is 5.25 Å². The van der Waals surface area contributed by atoms with Crippen molar-refractivity contribution in [1.82, 2.24) is 4.90 Å². The summed E-state index contributed by atoms with van der Waals surface area (Å²) in [4.78, 5) is 43.2. The number of Topliss-reactive ketones (excluding diaryl/α,β-unsaturated/α-hetero) is 1. The van der Waals surface area contributed by atoms with Gasteiger partial charge >= 0.3 is 0 Å². The molecule has 1 atom stereocenters. The van der Waals surface area contributed by atoms with Gasteiger partial charge in [-0.2, -0.15) is 0 Å². The van der Waals surface area contributed by atoms with Gasteiger partial charge in [-0.05, 0) is 56.2 Å². The second kappa shape index (κ2) is 9.75. The predicted molar refractivity (Wildman–Crippen MR) is 126 cm³/mol. The van der Waals surface area contributed by atoms with Crippen molar-refractivity contribution in [3.63, 3.8) is 0 Å². The van der Waals surface area contributed by atoms with E-state index in [0.29, 0.717) is 23.0 Å². The monoisotopic (exact) mass is 435 g/mol. The van der Waals surface area contributed by atoms with Crippen molar-refractivity contribution in [2.75, 3.05) is 11.9 Å². The number of anilines is 1. The van der Waals surface area contributed by atoms with Crippen molar-refractivity contribution in [3.05, 3.63) is 71.8 Å². The maximum absolute atomic E-state index is 12.9. The molecule has 0 radical (unpaired) electrons. The van der Waals surface area contributed by atoms with Gasteiger partial charge in [0.15, 0.2) is 11.0 Å². The first-order valence-electron chi connectivity index (χ1n) is 9.95. The number of aliphatic imine (C=N–C) groups is 1. The van der Waals surface area contributed by atoms with Gasteiger partial charge < -0.3 is 5.32 Å². The minimum Gasteiger partial charge on any atom is -0.326 e. The van der Waals surface area contributed by atoms with Crippen LogP contribution >= 0.6 is 11.8 Å². The fourth-order valence-electron chi connectivity index (χ4n) is 3.27. The highest BCUT2D eigenvalue weighted by molar-refractivity contribution is 8.15. The van der Waals surface area contributed by atoms with E-state index in [2.05, 4.69) is 11.9 Å². The third-order valence-corrected chi connectivity index (χ3v) is 6.10. The Bertz CT molecular complexity index is 1040. The first kappa shape index (κ1) is 22.5. The van der Waals surface area contributed by atoms with Gasteiger partial charge in [-0.15, -0.1) is 6.58 Å². The van der Waals surface area contributed by atoms with Crippen LogP contribution in [0, 0.1) is 13.8 Å². The molecule has 2 amide bonds. The summed E-state index contributed by atoms with van der Waals surface area (Å²) in [5.74, 6) is -0.464. The first-order chi connectivity index (χ1) is 14.8. The number of nitrogens with zero attached hydrogens (tertiary/aromatic N) is 2. The lowest BCUT2D eigenvalue weighted by Gasteiger charge is -2.14. The molecule has 1 unspecified atom stereocenters. The lowest BCUT2D eigenvalue weighted by molar-refractivity contribution is -0.127. The van der Waals surface area contributed by atoms with Gasteiger partial charge in [0.05, 0.1) is 5.69 Å². The van der Waals surface area contributed by atoms with E-state index in [4.69, 9.17) is 4.99 Å². The summed E-state index contributed by atoms with van der Waals surface area (Å²) in [5, 5.41) is 2.81. The fraction of sp³-hybridized carbons (Fsp3) is 0.250. The summed E-state index contributed by atoms with van der Waals surface area (Å²) < 4.78 is 0. The smallest absolute Gasteiger partial charge is 0.242 e. The van der Waals surface area contributed by atoms with Crippen LogP contribution in [0.15, 0.2) is 60.1 Å². The Labute approximate surface area is 186 Å². The number of benzene rings is 2. The average Bonchev–Trinajstić information content (AvgIpc) is 3.00. The minimum absolute atomic E-state index is 0.0252. The molecule has 7 heteroatoms. The minimum atomic E-state index is -0.556. The van der Waals surface area contributed by atoms with Gasteiger partial charge in [0.25, 0.3) is 0 Å². The van der Waals surface area contributed by atoms with Gasteiger partial charge in [0, 0.05) is 24.2 Å². The second-order valence-electron chi connectivity index (χ2n) is 7.36. The zero-order valence-corrected chi connectivity index (χ0v) is 18.7. The molecule has 0 aliphatic carbocycles. The summed E-state index contributed by atoms with van der Waals surface area (Å²) in [6.45, 7) is 9.52. The average molecular weight is 436 g/mol. The Morgan fingerprint density at radius 2 is 1.81 bits per heavy atom. The van der Waals surface area contributed by atoms with E-state index in [1.165, 1.54) is 18.7 Å². The van der Waals surface area contributed by atoms with Crippen LogP contribution in [-0.4, -0.2) is 39.5 Å². The van der Waals surface area contributed by atoms with Gasteiger partial charge in [0.2, 0.25) is 11.8 Å². The normalized spacial score (nSPS) is 17.1. The van der Waals surface area contributed by atoms with Crippen LogP contribution in [0.25, 0.3) is 0 Å². The molecule has 0 saturated carbocycles. The van der Waals surface area contributed by atoms with Crippen LogP contribution in [0.1, 0.15) is 34.8 Å². The number of aryl methyl sites for hydroxylation is 2. The standard InChI is InChI=1S/C24H25N3O3S/c1-5-13-27-23(30)20(31-24(27)26-22-15(2)7-6-8-16(22)3)14-21(29)25-19-11-9-18(10-12-19)17(4)28/h5-12,20H,1,13-14H2,2-4H3,(H,25,29). The number of nitrogens with one attached hydrogen (secondary N) is 1. The summed E-state index contributed by atoms with van der Waals surface area (Å²) in [6, 6.07) is 12.6. The van der Waals surface area contributed by atoms with E-state index in [9.17, 15) is 14.4 Å². The number of rotatable bonds is 7. The number of hydrogen-bond donors (Lipinski definition) is 1. The van der Waals surface area contributed by atoms with E-state index in [-0.39, 0.29) is 24.0 Å². The Hall–Kier alpha value is -3.19. The number of para-hydroxylation sites is 1. The van der Waals surface area contributed by atoms with Crippen LogP contribution < -0.4 is 5.32 Å². The molecule has 6 nitrogen and oxygen atoms in total. The highest BCUT2D eigenvalue weighted by atomic mass is 32.2. The van der Waals surface area contributed by atoms with Gasteiger partial charge in [-0.25, -0.2) is 4.99 Å². The van der Waals surface area contributed by atoms with Crippen molar-refractivity contribution in [2.24, 2.45) is 4.99 Å². The number of hydrogen-bond acceptors (Lipinski definition) is 5. The molecule has 0 aromatic heterocycles. The molecular formula is C24H25N3O3S. The van der Waals surface area contributed by atoms with E-state index in [1.807, 2.05) is 32.0 Å². The molecular weight excluding hydrogens is 410 g/mol. The number of carbonyl (C=O) groups excluding carboxylic acids is 3. The molecule has 1 saturated heterocycles. The van der Waals surface area contributed by atoms with Crippen molar-refractivity contribution in [1.29, 1.82) is 0 Å². The van der Waals surface area contributed by atoms with Gasteiger partial charge in [-0.1, -0.05) is 36.0 Å². The molecule has 1 aliphatic heterocycles. The van der Waals surface area contributed by atoms with E-state index in [1.54, 1.807) is 35.2 Å². The highest BCUT2D eigenvalue weighted by Crippen LogP contribution is 2.33. The van der Waals surface area contributed by atoms with Crippen molar-refractivity contribution >= 4 is 45.9 Å². The Kier molecular flexibility index (Phi) is 7.07. The van der Waals surface area contributed by atoms with E-state index < -0.39 is 5.25 Å². The Balaban J connectivity index is 1.75. The largest absolute Gasteiger partial charge is 0.326 e. The quantitative estimate of drug-likeness (QED) is 0.507. The predicted octanol–water partition coefficient (Wildman–Crippen LogP) is 4.65. The maximum Gasteiger partial charge on any atom is 0.242 e. The molecule has 1 N–H and O–H groups in total. The maximum atomic E-state index is 12.9. The zero-order chi connectivity index (χ0) is 22.5. The molecule has 1 heterocycles. The van der Waals surface area contributed by atoms with Crippen LogP contribution in [-0.2, 0) is 9.59 Å². The van der Waals surface area contributed by atoms with Crippen LogP contribution in [0.4, 0.5) is 11.4 Å².